The minimum absolute atomic E-state index is 0.0402. The largest absolute Gasteiger partial charge is 0.470 e. The maximum absolute atomic E-state index is 6.14. The van der Waals surface area contributed by atoms with Crippen LogP contribution in [0.1, 0.15) is 19.3 Å². The smallest absolute Gasteiger partial charge is 0.172 e. The second-order valence-corrected chi connectivity index (χ2v) is 5.99. The van der Waals surface area contributed by atoms with Crippen molar-refractivity contribution in [1.82, 2.24) is 0 Å². The quantitative estimate of drug-likeness (QED) is 0.751. The van der Waals surface area contributed by atoms with Gasteiger partial charge in [-0.15, -0.1) is 0 Å². The second-order valence-electron chi connectivity index (χ2n) is 5.17. The Labute approximate surface area is 135 Å². The molecule has 1 heterocycles. The highest BCUT2D eigenvalue weighted by Crippen LogP contribution is 2.30. The molecule has 4 heteroatoms. The highest BCUT2D eigenvalue weighted by molar-refractivity contribution is 6.42. The molecule has 2 aromatic carbocycles. The van der Waals surface area contributed by atoms with E-state index in [-0.39, 0.29) is 6.23 Å². The van der Waals surface area contributed by atoms with Gasteiger partial charge in [0.15, 0.2) is 6.23 Å². The summed E-state index contributed by atoms with van der Waals surface area (Å²) in [7, 11) is 0. The highest BCUT2D eigenvalue weighted by atomic mass is 35.5. The summed E-state index contributed by atoms with van der Waals surface area (Å²) in [6.07, 6.45) is 3.42. The molecule has 1 saturated heterocycles. The van der Waals surface area contributed by atoms with Crippen molar-refractivity contribution in [3.8, 4) is 5.75 Å². The van der Waals surface area contributed by atoms with E-state index in [1.54, 1.807) is 12.1 Å². The Hall–Kier alpha value is -1.38. The van der Waals surface area contributed by atoms with Crippen molar-refractivity contribution in [1.29, 1.82) is 0 Å². The third kappa shape index (κ3) is 3.45. The van der Waals surface area contributed by atoms with Gasteiger partial charge >= 0.3 is 0 Å². The van der Waals surface area contributed by atoms with Gasteiger partial charge in [-0.25, -0.2) is 0 Å². The molecule has 0 aliphatic carbocycles. The van der Waals surface area contributed by atoms with Crippen LogP contribution in [0.25, 0.3) is 0 Å². The predicted molar refractivity (Wildman–Crippen MR) is 88.5 cm³/mol. The number of hydrogen-bond donors (Lipinski definition) is 0. The lowest BCUT2D eigenvalue weighted by Gasteiger charge is -2.37. The lowest BCUT2D eigenvalue weighted by Crippen LogP contribution is -2.43. The van der Waals surface area contributed by atoms with Gasteiger partial charge < -0.3 is 9.64 Å². The van der Waals surface area contributed by atoms with Crippen molar-refractivity contribution in [3.05, 3.63) is 58.6 Å². The Balaban J connectivity index is 1.79. The van der Waals surface area contributed by atoms with E-state index >= 15 is 0 Å². The van der Waals surface area contributed by atoms with Crippen LogP contribution in [-0.4, -0.2) is 12.8 Å². The minimum atomic E-state index is 0.0402. The molecule has 1 atom stereocenters. The molecule has 2 nitrogen and oxygen atoms in total. The summed E-state index contributed by atoms with van der Waals surface area (Å²) in [6, 6.07) is 15.8. The molecule has 0 radical (unpaired) electrons. The van der Waals surface area contributed by atoms with Crippen LogP contribution in [-0.2, 0) is 0 Å². The molecule has 1 unspecified atom stereocenters. The number of piperidine rings is 1. The summed E-state index contributed by atoms with van der Waals surface area (Å²) in [6.45, 7) is 1.01. The molecule has 110 valence electrons. The summed E-state index contributed by atoms with van der Waals surface area (Å²) in [4.78, 5) is 2.31. The molecule has 1 aliphatic heterocycles. The monoisotopic (exact) mass is 321 g/mol. The van der Waals surface area contributed by atoms with Crippen LogP contribution in [0.4, 0.5) is 5.69 Å². The first-order chi connectivity index (χ1) is 10.2. The molecule has 21 heavy (non-hydrogen) atoms. The fourth-order valence-electron chi connectivity index (χ4n) is 2.65. The Kier molecular flexibility index (Phi) is 4.57. The summed E-state index contributed by atoms with van der Waals surface area (Å²) >= 11 is 12.0. The van der Waals surface area contributed by atoms with E-state index in [0.29, 0.717) is 10.0 Å². The number of nitrogens with zero attached hydrogens (tertiary/aromatic N) is 1. The zero-order chi connectivity index (χ0) is 14.7. The van der Waals surface area contributed by atoms with Crippen LogP contribution in [0, 0.1) is 0 Å². The van der Waals surface area contributed by atoms with Crippen LogP contribution >= 0.6 is 23.2 Å². The Morgan fingerprint density at radius 2 is 1.76 bits per heavy atom. The van der Waals surface area contributed by atoms with E-state index in [4.69, 9.17) is 27.9 Å². The molecule has 0 bridgehead atoms. The number of ether oxygens (including phenoxy) is 1. The minimum Gasteiger partial charge on any atom is -0.470 e. The molecule has 0 amide bonds. The molecule has 1 aliphatic rings. The summed E-state index contributed by atoms with van der Waals surface area (Å²) < 4.78 is 6.14. The van der Waals surface area contributed by atoms with Gasteiger partial charge in [0, 0.05) is 24.7 Å². The Morgan fingerprint density at radius 1 is 0.952 bits per heavy atom. The topological polar surface area (TPSA) is 12.5 Å². The molecule has 0 aromatic heterocycles. The van der Waals surface area contributed by atoms with Gasteiger partial charge in [-0.2, -0.15) is 0 Å². The third-order valence-electron chi connectivity index (χ3n) is 3.70. The van der Waals surface area contributed by atoms with E-state index < -0.39 is 0 Å². The summed E-state index contributed by atoms with van der Waals surface area (Å²) in [5.74, 6) is 0.761. The highest BCUT2D eigenvalue weighted by Gasteiger charge is 2.24. The van der Waals surface area contributed by atoms with Gasteiger partial charge in [0.2, 0.25) is 0 Å². The van der Waals surface area contributed by atoms with Gasteiger partial charge in [-0.1, -0.05) is 41.4 Å². The second kappa shape index (κ2) is 6.59. The van der Waals surface area contributed by atoms with Gasteiger partial charge in [-0.05, 0) is 37.1 Å². The van der Waals surface area contributed by atoms with E-state index in [2.05, 4.69) is 29.2 Å². The van der Waals surface area contributed by atoms with Crippen molar-refractivity contribution >= 4 is 28.9 Å². The van der Waals surface area contributed by atoms with E-state index in [0.717, 1.165) is 18.7 Å². The first kappa shape index (κ1) is 14.6. The maximum atomic E-state index is 6.14. The average molecular weight is 322 g/mol. The number of rotatable bonds is 3. The first-order valence-electron chi connectivity index (χ1n) is 7.17. The molecule has 2 aromatic rings. The summed E-state index contributed by atoms with van der Waals surface area (Å²) in [5, 5.41) is 1.07. The van der Waals surface area contributed by atoms with Crippen LogP contribution in [0.15, 0.2) is 48.5 Å². The van der Waals surface area contributed by atoms with Crippen molar-refractivity contribution in [3.63, 3.8) is 0 Å². The number of benzene rings is 2. The van der Waals surface area contributed by atoms with E-state index in [1.807, 2.05) is 12.1 Å². The summed E-state index contributed by atoms with van der Waals surface area (Å²) in [5.41, 5.74) is 1.20. The van der Waals surface area contributed by atoms with E-state index in [9.17, 15) is 0 Å². The van der Waals surface area contributed by atoms with Gasteiger partial charge in [0.25, 0.3) is 0 Å². The maximum Gasteiger partial charge on any atom is 0.172 e. The normalized spacial score (nSPS) is 18.6. The molecule has 0 N–H and O–H groups in total. The molecule has 1 fully saturated rings. The van der Waals surface area contributed by atoms with Crippen LogP contribution in [0.3, 0.4) is 0 Å². The van der Waals surface area contributed by atoms with Gasteiger partial charge in [0.05, 0.1) is 10.0 Å². The Morgan fingerprint density at radius 3 is 2.52 bits per heavy atom. The average Bonchev–Trinajstić information content (AvgIpc) is 2.52. The van der Waals surface area contributed by atoms with Crippen LogP contribution < -0.4 is 9.64 Å². The molecular weight excluding hydrogens is 305 g/mol. The zero-order valence-electron chi connectivity index (χ0n) is 11.6. The van der Waals surface area contributed by atoms with Crippen molar-refractivity contribution in [2.45, 2.75) is 25.5 Å². The lowest BCUT2D eigenvalue weighted by molar-refractivity contribution is 0.165. The molecular formula is C17H17Cl2NO. The Bertz CT molecular complexity index is 603. The first-order valence-corrected chi connectivity index (χ1v) is 7.93. The van der Waals surface area contributed by atoms with Crippen LogP contribution in [0.5, 0.6) is 5.75 Å². The van der Waals surface area contributed by atoms with Gasteiger partial charge in [0.1, 0.15) is 5.75 Å². The molecule has 0 spiro atoms. The van der Waals surface area contributed by atoms with Crippen molar-refractivity contribution < 1.29 is 4.74 Å². The lowest BCUT2D eigenvalue weighted by atomic mass is 10.1. The predicted octanol–water partition coefficient (Wildman–Crippen LogP) is 5.39. The van der Waals surface area contributed by atoms with Crippen molar-refractivity contribution in [2.75, 3.05) is 11.4 Å². The fraction of sp³-hybridized carbons (Fsp3) is 0.294. The van der Waals surface area contributed by atoms with E-state index in [1.165, 1.54) is 18.5 Å². The zero-order valence-corrected chi connectivity index (χ0v) is 13.1. The third-order valence-corrected chi connectivity index (χ3v) is 4.44. The standard InChI is InChI=1S/C17H17Cl2NO/c18-15-10-9-14(12-16(15)19)21-17-8-4-5-11-20(17)13-6-2-1-3-7-13/h1-3,6-7,9-10,12,17H,4-5,8,11H2. The van der Waals surface area contributed by atoms with Crippen molar-refractivity contribution in [2.24, 2.45) is 0 Å². The van der Waals surface area contributed by atoms with Crippen LogP contribution in [0.2, 0.25) is 10.0 Å². The number of halogens is 2. The van der Waals surface area contributed by atoms with Gasteiger partial charge in [-0.3, -0.25) is 0 Å². The fourth-order valence-corrected chi connectivity index (χ4v) is 2.93. The molecule has 3 rings (SSSR count). The SMILES string of the molecule is Clc1ccc(OC2CCCCN2c2ccccc2)cc1Cl. The number of para-hydroxylation sites is 1. The number of hydrogen-bond acceptors (Lipinski definition) is 2. The number of anilines is 1. The molecule has 0 saturated carbocycles.